The van der Waals surface area contributed by atoms with Gasteiger partial charge in [-0.15, -0.1) is 0 Å². The molecule has 4 rings (SSSR count). The van der Waals surface area contributed by atoms with Crippen LogP contribution in [0.2, 0.25) is 0 Å². The van der Waals surface area contributed by atoms with Crippen LogP contribution in [0.15, 0.2) is 73.1 Å². The molecular weight excluding hydrogens is 366 g/mol. The van der Waals surface area contributed by atoms with Crippen LogP contribution in [0.4, 0.5) is 10.5 Å². The predicted molar refractivity (Wildman–Crippen MR) is 111 cm³/mol. The third-order valence-electron chi connectivity index (χ3n) is 4.95. The lowest BCUT2D eigenvalue weighted by Gasteiger charge is -2.25. The van der Waals surface area contributed by atoms with E-state index in [0.29, 0.717) is 18.7 Å². The van der Waals surface area contributed by atoms with Gasteiger partial charge in [-0.2, -0.15) is 5.10 Å². The van der Waals surface area contributed by atoms with E-state index < -0.39 is 0 Å². The first-order valence-electron chi connectivity index (χ1n) is 9.69. The molecule has 0 bridgehead atoms. The third kappa shape index (κ3) is 4.63. The van der Waals surface area contributed by atoms with E-state index in [1.165, 1.54) is 0 Å². The number of hydrogen-bond acceptors (Lipinski definition) is 3. The highest BCUT2D eigenvalue weighted by molar-refractivity contribution is 5.90. The Morgan fingerprint density at radius 3 is 2.69 bits per heavy atom. The lowest BCUT2D eigenvalue weighted by atomic mass is 10.1. The number of urea groups is 1. The van der Waals surface area contributed by atoms with Crippen molar-refractivity contribution in [2.75, 3.05) is 18.4 Å². The van der Waals surface area contributed by atoms with Gasteiger partial charge in [0.1, 0.15) is 0 Å². The SMILES string of the molecule is O=C(Nc1cccc(-n2cccn2)c1)N[C@H](CN1CCCC1=O)c1ccccc1. The van der Waals surface area contributed by atoms with Crippen LogP contribution in [0.1, 0.15) is 24.4 Å². The average molecular weight is 389 g/mol. The van der Waals surface area contributed by atoms with Gasteiger partial charge >= 0.3 is 6.03 Å². The first kappa shape index (κ1) is 18.7. The molecule has 0 saturated carbocycles. The zero-order valence-corrected chi connectivity index (χ0v) is 16.0. The maximum atomic E-state index is 12.7. The molecule has 1 saturated heterocycles. The van der Waals surface area contributed by atoms with Crippen molar-refractivity contribution in [3.05, 3.63) is 78.6 Å². The molecule has 1 aliphatic rings. The molecule has 29 heavy (non-hydrogen) atoms. The second-order valence-corrected chi connectivity index (χ2v) is 7.01. The monoisotopic (exact) mass is 389 g/mol. The lowest BCUT2D eigenvalue weighted by Crippen LogP contribution is -2.40. The zero-order valence-electron chi connectivity index (χ0n) is 16.0. The van der Waals surface area contributed by atoms with Gasteiger partial charge in [-0.25, -0.2) is 9.48 Å². The first-order chi connectivity index (χ1) is 14.2. The molecule has 0 aliphatic carbocycles. The normalized spacial score (nSPS) is 14.6. The Morgan fingerprint density at radius 1 is 1.10 bits per heavy atom. The van der Waals surface area contributed by atoms with Crippen LogP contribution in [0, 0.1) is 0 Å². The van der Waals surface area contributed by atoms with E-state index in [4.69, 9.17) is 0 Å². The van der Waals surface area contributed by atoms with Crippen molar-refractivity contribution in [2.24, 2.45) is 0 Å². The van der Waals surface area contributed by atoms with Crippen LogP contribution in [0.3, 0.4) is 0 Å². The minimum Gasteiger partial charge on any atom is -0.340 e. The maximum Gasteiger partial charge on any atom is 0.319 e. The predicted octanol–water partition coefficient (Wildman–Crippen LogP) is 3.36. The first-order valence-corrected chi connectivity index (χ1v) is 9.69. The van der Waals surface area contributed by atoms with Crippen LogP contribution in [0.5, 0.6) is 0 Å². The minimum absolute atomic E-state index is 0.139. The van der Waals surface area contributed by atoms with Gasteiger partial charge in [0.15, 0.2) is 0 Å². The summed E-state index contributed by atoms with van der Waals surface area (Å²) in [5, 5.41) is 10.1. The Balaban J connectivity index is 1.46. The fraction of sp³-hybridized carbons (Fsp3) is 0.227. The number of benzene rings is 2. The van der Waals surface area contributed by atoms with Crippen LogP contribution in [-0.2, 0) is 4.79 Å². The third-order valence-corrected chi connectivity index (χ3v) is 4.95. The van der Waals surface area contributed by atoms with Crippen molar-refractivity contribution in [1.29, 1.82) is 0 Å². The largest absolute Gasteiger partial charge is 0.340 e. The molecule has 3 amide bonds. The fourth-order valence-corrected chi connectivity index (χ4v) is 3.51. The van der Waals surface area contributed by atoms with Gasteiger partial charge in [0.05, 0.1) is 11.7 Å². The molecule has 0 radical (unpaired) electrons. The molecule has 2 N–H and O–H groups in total. The molecule has 3 aromatic rings. The van der Waals surface area contributed by atoms with E-state index in [2.05, 4.69) is 15.7 Å². The summed E-state index contributed by atoms with van der Waals surface area (Å²) in [5.74, 6) is 0.139. The van der Waals surface area contributed by atoms with Crippen molar-refractivity contribution < 1.29 is 9.59 Å². The molecule has 1 atom stereocenters. The molecule has 2 heterocycles. The van der Waals surface area contributed by atoms with Gasteiger partial charge in [0.25, 0.3) is 0 Å². The highest BCUT2D eigenvalue weighted by Gasteiger charge is 2.25. The van der Waals surface area contributed by atoms with Crippen molar-refractivity contribution in [1.82, 2.24) is 20.0 Å². The quantitative estimate of drug-likeness (QED) is 0.678. The summed E-state index contributed by atoms with van der Waals surface area (Å²) in [5.41, 5.74) is 2.49. The van der Waals surface area contributed by atoms with Gasteiger partial charge in [0, 0.05) is 37.6 Å². The Kier molecular flexibility index (Phi) is 5.56. The molecule has 2 aromatic carbocycles. The van der Waals surface area contributed by atoms with E-state index in [9.17, 15) is 9.59 Å². The molecule has 7 nitrogen and oxygen atoms in total. The number of rotatable bonds is 6. The van der Waals surface area contributed by atoms with Crippen molar-refractivity contribution in [3.63, 3.8) is 0 Å². The molecule has 1 fully saturated rings. The summed E-state index contributed by atoms with van der Waals surface area (Å²) >= 11 is 0. The summed E-state index contributed by atoms with van der Waals surface area (Å²) in [7, 11) is 0. The lowest BCUT2D eigenvalue weighted by molar-refractivity contribution is -0.128. The standard InChI is InChI=1S/C22H23N5O2/c28-21-11-5-13-26(21)16-20(17-7-2-1-3-8-17)25-22(29)24-18-9-4-10-19(15-18)27-14-6-12-23-27/h1-4,6-10,12,14-15,20H,5,11,13,16H2,(H2,24,25,29)/t20-/m1/s1. The summed E-state index contributed by atoms with van der Waals surface area (Å²) in [4.78, 5) is 26.6. The van der Waals surface area contributed by atoms with Crippen molar-refractivity contribution in [3.8, 4) is 5.69 Å². The van der Waals surface area contributed by atoms with E-state index in [-0.39, 0.29) is 18.0 Å². The molecule has 7 heteroatoms. The van der Waals surface area contributed by atoms with Crippen LogP contribution >= 0.6 is 0 Å². The number of hydrogen-bond donors (Lipinski definition) is 2. The molecule has 148 valence electrons. The van der Waals surface area contributed by atoms with Gasteiger partial charge in [0.2, 0.25) is 5.91 Å². The minimum atomic E-state index is -0.317. The number of nitrogens with one attached hydrogen (secondary N) is 2. The molecule has 1 aromatic heterocycles. The Labute approximate surface area is 169 Å². The molecule has 0 unspecified atom stereocenters. The molecular formula is C22H23N5O2. The maximum absolute atomic E-state index is 12.7. The fourth-order valence-electron chi connectivity index (χ4n) is 3.51. The second kappa shape index (κ2) is 8.60. The van der Waals surface area contributed by atoms with Crippen LogP contribution in [0.25, 0.3) is 5.69 Å². The molecule has 1 aliphatic heterocycles. The van der Waals surface area contributed by atoms with E-state index >= 15 is 0 Å². The number of carbonyl (C=O) groups excluding carboxylic acids is 2. The number of aromatic nitrogens is 2. The van der Waals surface area contributed by atoms with Gasteiger partial charge in [-0.05, 0) is 36.2 Å². The number of nitrogens with zero attached hydrogens (tertiary/aromatic N) is 3. The van der Waals surface area contributed by atoms with Gasteiger partial charge < -0.3 is 15.5 Å². The highest BCUT2D eigenvalue weighted by Crippen LogP contribution is 2.19. The summed E-state index contributed by atoms with van der Waals surface area (Å²) in [6.07, 6.45) is 5.00. The average Bonchev–Trinajstić information content (AvgIpc) is 3.41. The van der Waals surface area contributed by atoms with Gasteiger partial charge in [-0.3, -0.25) is 4.79 Å². The number of anilines is 1. The van der Waals surface area contributed by atoms with Crippen molar-refractivity contribution >= 4 is 17.6 Å². The Morgan fingerprint density at radius 2 is 1.97 bits per heavy atom. The van der Waals surface area contributed by atoms with E-state index in [0.717, 1.165) is 24.2 Å². The van der Waals surface area contributed by atoms with Gasteiger partial charge in [-0.1, -0.05) is 36.4 Å². The number of carbonyl (C=O) groups is 2. The number of likely N-dealkylation sites (tertiary alicyclic amines) is 1. The Hall–Kier alpha value is -3.61. The smallest absolute Gasteiger partial charge is 0.319 e. The van der Waals surface area contributed by atoms with Crippen LogP contribution in [-0.4, -0.2) is 39.7 Å². The summed E-state index contributed by atoms with van der Waals surface area (Å²) in [6.45, 7) is 1.20. The topological polar surface area (TPSA) is 79.3 Å². The zero-order chi connectivity index (χ0) is 20.1. The summed E-state index contributed by atoms with van der Waals surface area (Å²) < 4.78 is 1.73. The second-order valence-electron chi connectivity index (χ2n) is 7.01. The van der Waals surface area contributed by atoms with E-state index in [1.807, 2.05) is 71.8 Å². The number of amides is 3. The summed E-state index contributed by atoms with van der Waals surface area (Å²) in [6, 6.07) is 18.4. The van der Waals surface area contributed by atoms with E-state index in [1.54, 1.807) is 10.9 Å². The van der Waals surface area contributed by atoms with Crippen LogP contribution < -0.4 is 10.6 Å². The highest BCUT2D eigenvalue weighted by atomic mass is 16.2. The van der Waals surface area contributed by atoms with Crippen molar-refractivity contribution in [2.45, 2.75) is 18.9 Å². The molecule has 0 spiro atoms. The Bertz CT molecular complexity index is 972.